The summed E-state index contributed by atoms with van der Waals surface area (Å²) in [6, 6.07) is 0.0924. The van der Waals surface area contributed by atoms with Gasteiger partial charge in [-0.15, -0.1) is 0 Å². The zero-order valence-electron chi connectivity index (χ0n) is 10.6. The second-order valence-electron chi connectivity index (χ2n) is 5.64. The second kappa shape index (κ2) is 4.53. The Kier molecular flexibility index (Phi) is 3.01. The van der Waals surface area contributed by atoms with Gasteiger partial charge in [0.25, 0.3) is 0 Å². The fraction of sp³-hybridized carbons (Fsp3) is 0.846. The van der Waals surface area contributed by atoms with E-state index in [4.69, 9.17) is 4.74 Å². The molecule has 2 amide bonds. The normalized spacial score (nSPS) is 31.8. The van der Waals surface area contributed by atoms with Crippen LogP contribution in [0.4, 0.5) is 0 Å². The van der Waals surface area contributed by atoms with Gasteiger partial charge in [-0.1, -0.05) is 12.8 Å². The molecule has 1 spiro atoms. The maximum atomic E-state index is 12.7. The van der Waals surface area contributed by atoms with E-state index in [-0.39, 0.29) is 24.4 Å². The first-order valence-electron chi connectivity index (χ1n) is 6.91. The van der Waals surface area contributed by atoms with Gasteiger partial charge in [0.15, 0.2) is 0 Å². The number of hydrogen-bond donors (Lipinski definition) is 1. The van der Waals surface area contributed by atoms with Gasteiger partial charge in [0.1, 0.15) is 12.1 Å². The lowest BCUT2D eigenvalue weighted by atomic mass is 9.91. The number of carbonyl (C=O) groups excluding carboxylic acids is 2. The molecule has 0 radical (unpaired) electrons. The Hall–Kier alpha value is -1.10. The van der Waals surface area contributed by atoms with Crippen molar-refractivity contribution in [3.05, 3.63) is 0 Å². The largest absolute Gasteiger partial charge is 0.379 e. The van der Waals surface area contributed by atoms with Crippen LogP contribution >= 0.6 is 0 Å². The van der Waals surface area contributed by atoms with Crippen LogP contribution < -0.4 is 5.32 Å². The summed E-state index contributed by atoms with van der Waals surface area (Å²) in [5.41, 5.74) is -0.590. The van der Waals surface area contributed by atoms with Crippen LogP contribution in [0.25, 0.3) is 0 Å². The molecule has 3 aliphatic rings. The summed E-state index contributed by atoms with van der Waals surface area (Å²) < 4.78 is 5.44. The zero-order valence-corrected chi connectivity index (χ0v) is 10.6. The zero-order chi connectivity index (χ0) is 12.6. The maximum absolute atomic E-state index is 12.7. The molecule has 1 aliphatic carbocycles. The molecule has 3 fully saturated rings. The van der Waals surface area contributed by atoms with Gasteiger partial charge in [0, 0.05) is 6.61 Å². The average molecular weight is 252 g/mol. The van der Waals surface area contributed by atoms with Crippen LogP contribution in [0.15, 0.2) is 0 Å². The van der Waals surface area contributed by atoms with Crippen LogP contribution in [0.3, 0.4) is 0 Å². The van der Waals surface area contributed by atoms with Crippen LogP contribution in [0.5, 0.6) is 0 Å². The van der Waals surface area contributed by atoms with Crippen LogP contribution in [0.2, 0.25) is 0 Å². The Labute approximate surface area is 107 Å². The molecule has 2 saturated heterocycles. The van der Waals surface area contributed by atoms with Crippen LogP contribution in [-0.2, 0) is 14.3 Å². The third-order valence-corrected chi connectivity index (χ3v) is 4.40. The van der Waals surface area contributed by atoms with Gasteiger partial charge < -0.3 is 15.0 Å². The first-order chi connectivity index (χ1) is 8.71. The molecule has 1 atom stereocenters. The second-order valence-corrected chi connectivity index (χ2v) is 5.64. The van der Waals surface area contributed by atoms with E-state index in [0.717, 1.165) is 45.1 Å². The van der Waals surface area contributed by atoms with Gasteiger partial charge in [-0.2, -0.15) is 0 Å². The van der Waals surface area contributed by atoms with E-state index in [2.05, 4.69) is 5.32 Å². The first-order valence-corrected chi connectivity index (χ1v) is 6.91. The van der Waals surface area contributed by atoms with Gasteiger partial charge >= 0.3 is 0 Å². The van der Waals surface area contributed by atoms with Gasteiger partial charge in [-0.25, -0.2) is 0 Å². The monoisotopic (exact) mass is 252 g/mol. The van der Waals surface area contributed by atoms with Crippen molar-refractivity contribution >= 4 is 11.8 Å². The molecule has 0 aromatic heterocycles. The third-order valence-electron chi connectivity index (χ3n) is 4.40. The first kappa shape index (κ1) is 12.0. The SMILES string of the molecule is O=C1CN(C2CCCOC2)C(=O)C2(CCCC2)N1. The lowest BCUT2D eigenvalue weighted by molar-refractivity contribution is -0.154. The standard InChI is InChI=1S/C13H20N2O3/c16-11-8-15(10-4-3-7-18-9-10)12(17)13(14-11)5-1-2-6-13/h10H,1-9H2,(H,14,16). The average Bonchev–Trinajstić information content (AvgIpc) is 2.84. The highest BCUT2D eigenvalue weighted by atomic mass is 16.5. The molecule has 0 bridgehead atoms. The number of piperazine rings is 1. The number of carbonyl (C=O) groups is 2. The highest BCUT2D eigenvalue weighted by molar-refractivity contribution is 5.98. The van der Waals surface area contributed by atoms with E-state index in [1.54, 1.807) is 4.90 Å². The Bertz CT molecular complexity index is 357. The van der Waals surface area contributed by atoms with Crippen LogP contribution in [0.1, 0.15) is 38.5 Å². The minimum atomic E-state index is -0.590. The number of nitrogens with zero attached hydrogens (tertiary/aromatic N) is 1. The lowest BCUT2D eigenvalue weighted by Crippen LogP contribution is -2.68. The van der Waals surface area contributed by atoms with E-state index < -0.39 is 5.54 Å². The summed E-state index contributed by atoms with van der Waals surface area (Å²) in [4.78, 5) is 26.3. The number of ether oxygens (including phenoxy) is 1. The molecule has 5 nitrogen and oxygen atoms in total. The number of rotatable bonds is 1. The molecule has 2 heterocycles. The van der Waals surface area contributed by atoms with Crippen molar-refractivity contribution in [3.63, 3.8) is 0 Å². The quantitative estimate of drug-likeness (QED) is 0.736. The summed E-state index contributed by atoms with van der Waals surface area (Å²) >= 11 is 0. The Morgan fingerprint density at radius 1 is 1.22 bits per heavy atom. The Morgan fingerprint density at radius 2 is 2.00 bits per heavy atom. The molecule has 5 heteroatoms. The van der Waals surface area contributed by atoms with Crippen molar-refractivity contribution in [1.29, 1.82) is 0 Å². The summed E-state index contributed by atoms with van der Waals surface area (Å²) in [5, 5.41) is 2.94. The summed E-state index contributed by atoms with van der Waals surface area (Å²) in [7, 11) is 0. The van der Waals surface area contributed by atoms with Gasteiger partial charge in [0.2, 0.25) is 11.8 Å². The number of hydrogen-bond acceptors (Lipinski definition) is 3. The van der Waals surface area contributed by atoms with Gasteiger partial charge in [-0.05, 0) is 25.7 Å². The van der Waals surface area contributed by atoms with Crippen LogP contribution in [0, 0.1) is 0 Å². The van der Waals surface area contributed by atoms with E-state index in [9.17, 15) is 9.59 Å². The maximum Gasteiger partial charge on any atom is 0.249 e. The summed E-state index contributed by atoms with van der Waals surface area (Å²) in [5.74, 6) is 0.108. The molecule has 1 N–H and O–H groups in total. The molecule has 2 aliphatic heterocycles. The molecule has 100 valence electrons. The highest BCUT2D eigenvalue weighted by Crippen LogP contribution is 2.34. The molecular formula is C13H20N2O3. The van der Waals surface area contributed by atoms with Crippen molar-refractivity contribution < 1.29 is 14.3 Å². The summed E-state index contributed by atoms with van der Waals surface area (Å²) in [6.45, 7) is 1.56. The fourth-order valence-electron chi connectivity index (χ4n) is 3.44. The summed E-state index contributed by atoms with van der Waals surface area (Å²) in [6.07, 6.45) is 5.57. The van der Waals surface area contributed by atoms with Crippen molar-refractivity contribution in [2.75, 3.05) is 19.8 Å². The van der Waals surface area contributed by atoms with Gasteiger partial charge in [0.05, 0.1) is 12.6 Å². The molecule has 3 rings (SSSR count). The molecule has 18 heavy (non-hydrogen) atoms. The Morgan fingerprint density at radius 3 is 2.67 bits per heavy atom. The van der Waals surface area contributed by atoms with E-state index in [1.165, 1.54) is 0 Å². The molecular weight excluding hydrogens is 232 g/mol. The number of nitrogens with one attached hydrogen (secondary N) is 1. The predicted octanol–water partition coefficient (Wildman–Crippen LogP) is 0.437. The molecule has 1 saturated carbocycles. The molecule has 0 aromatic rings. The predicted molar refractivity (Wildman–Crippen MR) is 64.9 cm³/mol. The molecule has 1 unspecified atom stereocenters. The van der Waals surface area contributed by atoms with E-state index in [1.807, 2.05) is 0 Å². The minimum Gasteiger partial charge on any atom is -0.379 e. The topological polar surface area (TPSA) is 58.6 Å². The van der Waals surface area contributed by atoms with Gasteiger partial charge in [-0.3, -0.25) is 9.59 Å². The fourth-order valence-corrected chi connectivity index (χ4v) is 3.44. The van der Waals surface area contributed by atoms with Crippen LogP contribution in [-0.4, -0.2) is 48.1 Å². The van der Waals surface area contributed by atoms with Crippen molar-refractivity contribution in [3.8, 4) is 0 Å². The lowest BCUT2D eigenvalue weighted by Gasteiger charge is -2.44. The van der Waals surface area contributed by atoms with Crippen molar-refractivity contribution in [2.24, 2.45) is 0 Å². The van der Waals surface area contributed by atoms with E-state index >= 15 is 0 Å². The smallest absolute Gasteiger partial charge is 0.249 e. The Balaban J connectivity index is 1.80. The van der Waals surface area contributed by atoms with E-state index in [0.29, 0.717) is 6.61 Å². The minimum absolute atomic E-state index is 0.0120. The number of amides is 2. The van der Waals surface area contributed by atoms with Crippen molar-refractivity contribution in [2.45, 2.75) is 50.1 Å². The third kappa shape index (κ3) is 1.90. The highest BCUT2D eigenvalue weighted by Gasteiger charge is 2.49. The molecule has 0 aromatic carbocycles. The van der Waals surface area contributed by atoms with Crippen molar-refractivity contribution in [1.82, 2.24) is 10.2 Å².